The van der Waals surface area contributed by atoms with E-state index < -0.39 is 0 Å². The van der Waals surface area contributed by atoms with E-state index in [1.54, 1.807) is 6.20 Å². The summed E-state index contributed by atoms with van der Waals surface area (Å²) in [4.78, 5) is 16.4. The van der Waals surface area contributed by atoms with Gasteiger partial charge in [0.25, 0.3) is 0 Å². The second-order valence-corrected chi connectivity index (χ2v) is 5.69. The number of pyridine rings is 1. The van der Waals surface area contributed by atoms with Crippen molar-refractivity contribution in [2.75, 3.05) is 13.6 Å². The Hall–Kier alpha value is -1.42. The Morgan fingerprint density at radius 3 is 2.75 bits per heavy atom. The van der Waals surface area contributed by atoms with E-state index in [-0.39, 0.29) is 11.4 Å². The number of amides is 1. The molecule has 1 aromatic heterocycles. The Bertz CT molecular complexity index is 413. The van der Waals surface area contributed by atoms with Crippen LogP contribution in [0.3, 0.4) is 0 Å². The first kappa shape index (κ1) is 15.0. The van der Waals surface area contributed by atoms with Gasteiger partial charge in [0.15, 0.2) is 0 Å². The molecule has 4 heteroatoms. The van der Waals surface area contributed by atoms with E-state index in [4.69, 9.17) is 0 Å². The van der Waals surface area contributed by atoms with Crippen molar-refractivity contribution in [3.05, 3.63) is 30.1 Å². The van der Waals surface area contributed by atoms with Crippen LogP contribution in [-0.2, 0) is 11.2 Å². The summed E-state index contributed by atoms with van der Waals surface area (Å²) >= 11 is 0. The monoisotopic (exact) mass is 275 g/mol. The highest BCUT2D eigenvalue weighted by Crippen LogP contribution is 2.30. The van der Waals surface area contributed by atoms with Crippen molar-refractivity contribution in [3.63, 3.8) is 0 Å². The third-order valence-electron chi connectivity index (χ3n) is 4.27. The molecule has 1 aliphatic rings. The number of hydrogen-bond acceptors (Lipinski definition) is 3. The highest BCUT2D eigenvalue weighted by atomic mass is 16.1. The lowest BCUT2D eigenvalue weighted by Crippen LogP contribution is -2.48. The van der Waals surface area contributed by atoms with E-state index in [9.17, 15) is 4.79 Å². The molecule has 1 aliphatic carbocycles. The molecule has 1 amide bonds. The fourth-order valence-electron chi connectivity index (χ4n) is 2.99. The molecule has 0 aromatic carbocycles. The lowest BCUT2D eigenvalue weighted by molar-refractivity contribution is -0.122. The minimum atomic E-state index is 0.0212. The summed E-state index contributed by atoms with van der Waals surface area (Å²) < 4.78 is 0. The van der Waals surface area contributed by atoms with Crippen molar-refractivity contribution in [3.8, 4) is 0 Å². The highest BCUT2D eigenvalue weighted by Gasteiger charge is 2.32. The van der Waals surface area contributed by atoms with Gasteiger partial charge in [0.05, 0.1) is 0 Å². The maximum Gasteiger partial charge on any atom is 0.221 e. The largest absolute Gasteiger partial charge is 0.356 e. The van der Waals surface area contributed by atoms with Gasteiger partial charge in [0.1, 0.15) is 0 Å². The van der Waals surface area contributed by atoms with Gasteiger partial charge in [-0.1, -0.05) is 25.3 Å². The molecule has 0 atom stereocenters. The Labute approximate surface area is 121 Å². The predicted molar refractivity (Wildman–Crippen MR) is 80.4 cm³/mol. The smallest absolute Gasteiger partial charge is 0.221 e. The average Bonchev–Trinajstić information content (AvgIpc) is 2.49. The zero-order valence-corrected chi connectivity index (χ0v) is 12.3. The molecule has 1 saturated carbocycles. The van der Waals surface area contributed by atoms with E-state index in [1.807, 2.05) is 25.2 Å². The summed E-state index contributed by atoms with van der Waals surface area (Å²) in [5, 5.41) is 6.40. The number of carbonyl (C=O) groups excluding carboxylic acids is 1. The van der Waals surface area contributed by atoms with Crippen LogP contribution in [0.1, 0.15) is 44.2 Å². The van der Waals surface area contributed by atoms with Crippen molar-refractivity contribution in [2.45, 2.75) is 50.5 Å². The minimum absolute atomic E-state index is 0.0212. The Kier molecular flexibility index (Phi) is 5.53. The van der Waals surface area contributed by atoms with Gasteiger partial charge in [-0.15, -0.1) is 0 Å². The lowest BCUT2D eigenvalue weighted by Gasteiger charge is -2.36. The lowest BCUT2D eigenvalue weighted by atomic mass is 9.79. The highest BCUT2D eigenvalue weighted by molar-refractivity contribution is 5.77. The summed E-state index contributed by atoms with van der Waals surface area (Å²) in [5.41, 5.74) is 1.04. The van der Waals surface area contributed by atoms with Gasteiger partial charge in [-0.3, -0.25) is 9.78 Å². The summed E-state index contributed by atoms with van der Waals surface area (Å²) in [6.07, 6.45) is 9.13. The summed E-state index contributed by atoms with van der Waals surface area (Å²) in [6.45, 7) is 0.662. The van der Waals surface area contributed by atoms with Gasteiger partial charge in [-0.2, -0.15) is 0 Å². The van der Waals surface area contributed by atoms with Gasteiger partial charge in [0.2, 0.25) is 5.91 Å². The van der Waals surface area contributed by atoms with Crippen molar-refractivity contribution in [1.82, 2.24) is 15.6 Å². The van der Waals surface area contributed by atoms with Crippen LogP contribution < -0.4 is 10.6 Å². The molecule has 0 saturated heterocycles. The molecule has 4 nitrogen and oxygen atoms in total. The Morgan fingerprint density at radius 2 is 2.10 bits per heavy atom. The van der Waals surface area contributed by atoms with Crippen LogP contribution in [0.5, 0.6) is 0 Å². The minimum Gasteiger partial charge on any atom is -0.356 e. The van der Waals surface area contributed by atoms with E-state index in [2.05, 4.69) is 15.6 Å². The number of nitrogens with zero attached hydrogens (tertiary/aromatic N) is 1. The maximum absolute atomic E-state index is 12.1. The molecule has 0 unspecified atom stereocenters. The molecular weight excluding hydrogens is 250 g/mol. The Morgan fingerprint density at radius 1 is 1.30 bits per heavy atom. The quantitative estimate of drug-likeness (QED) is 0.835. The zero-order valence-electron chi connectivity index (χ0n) is 12.3. The van der Waals surface area contributed by atoms with E-state index in [0.29, 0.717) is 13.0 Å². The van der Waals surface area contributed by atoms with Crippen LogP contribution in [0.4, 0.5) is 0 Å². The molecule has 1 aromatic rings. The fraction of sp³-hybridized carbons (Fsp3) is 0.625. The molecule has 1 heterocycles. The van der Waals surface area contributed by atoms with Gasteiger partial charge in [-0.05, 0) is 32.0 Å². The van der Waals surface area contributed by atoms with Gasteiger partial charge < -0.3 is 10.6 Å². The van der Waals surface area contributed by atoms with E-state index in [0.717, 1.165) is 25.0 Å². The second-order valence-electron chi connectivity index (χ2n) is 5.69. The first-order chi connectivity index (χ1) is 9.74. The molecule has 0 spiro atoms. The molecular formula is C16H25N3O. The number of hydrogen-bond donors (Lipinski definition) is 2. The van der Waals surface area contributed by atoms with Gasteiger partial charge >= 0.3 is 0 Å². The van der Waals surface area contributed by atoms with Gasteiger partial charge in [0, 0.05) is 36.8 Å². The van der Waals surface area contributed by atoms with Gasteiger partial charge in [-0.25, -0.2) is 0 Å². The van der Waals surface area contributed by atoms with Crippen molar-refractivity contribution < 1.29 is 4.79 Å². The second kappa shape index (κ2) is 7.39. The standard InChI is InChI=1S/C16H25N3O/c1-17-16(9-4-2-5-10-16)13-15(20)19-12-8-14-7-3-6-11-18-14/h3,6-7,11,17H,2,4-5,8-10,12-13H2,1H3,(H,19,20). The fourth-order valence-corrected chi connectivity index (χ4v) is 2.99. The number of carbonyl (C=O) groups is 1. The zero-order chi connectivity index (χ0) is 14.3. The van der Waals surface area contributed by atoms with Crippen LogP contribution in [0.25, 0.3) is 0 Å². The number of nitrogens with one attached hydrogen (secondary N) is 2. The van der Waals surface area contributed by atoms with Crippen molar-refractivity contribution >= 4 is 5.91 Å². The van der Waals surface area contributed by atoms with Crippen LogP contribution in [-0.4, -0.2) is 30.0 Å². The number of aromatic nitrogens is 1. The molecule has 20 heavy (non-hydrogen) atoms. The summed E-state index contributed by atoms with van der Waals surface area (Å²) in [5.74, 6) is 0.150. The molecule has 2 rings (SSSR count). The van der Waals surface area contributed by atoms with Crippen molar-refractivity contribution in [2.24, 2.45) is 0 Å². The van der Waals surface area contributed by atoms with Crippen LogP contribution in [0, 0.1) is 0 Å². The van der Waals surface area contributed by atoms with E-state index >= 15 is 0 Å². The molecule has 110 valence electrons. The van der Waals surface area contributed by atoms with Crippen molar-refractivity contribution in [1.29, 1.82) is 0 Å². The van der Waals surface area contributed by atoms with Crippen LogP contribution in [0.15, 0.2) is 24.4 Å². The van der Waals surface area contributed by atoms with Crippen LogP contribution in [0.2, 0.25) is 0 Å². The average molecular weight is 275 g/mol. The molecule has 0 aliphatic heterocycles. The summed E-state index contributed by atoms with van der Waals surface area (Å²) in [7, 11) is 1.98. The Balaban J connectivity index is 1.74. The predicted octanol–water partition coefficient (Wildman–Crippen LogP) is 2.05. The first-order valence-electron chi connectivity index (χ1n) is 7.60. The number of rotatable bonds is 6. The first-order valence-corrected chi connectivity index (χ1v) is 7.60. The SMILES string of the molecule is CNC1(CC(=O)NCCc2ccccn2)CCCCC1. The third-order valence-corrected chi connectivity index (χ3v) is 4.27. The third kappa shape index (κ3) is 4.30. The molecule has 1 fully saturated rings. The molecule has 0 radical (unpaired) electrons. The topological polar surface area (TPSA) is 54.0 Å². The normalized spacial score (nSPS) is 17.6. The summed E-state index contributed by atoms with van der Waals surface area (Å²) in [6, 6.07) is 5.87. The van der Waals surface area contributed by atoms with Crippen LogP contribution >= 0.6 is 0 Å². The molecule has 2 N–H and O–H groups in total. The van der Waals surface area contributed by atoms with E-state index in [1.165, 1.54) is 19.3 Å². The molecule has 0 bridgehead atoms. The maximum atomic E-state index is 12.1.